The molecule has 0 radical (unpaired) electrons. The number of amides is 1. The maximum atomic E-state index is 12.1. The minimum Gasteiger partial charge on any atom is -0.325 e. The summed E-state index contributed by atoms with van der Waals surface area (Å²) in [6, 6.07) is 8.66. The van der Waals surface area contributed by atoms with Gasteiger partial charge < -0.3 is 9.88 Å². The Morgan fingerprint density at radius 3 is 2.74 bits per heavy atom. The van der Waals surface area contributed by atoms with Crippen molar-refractivity contribution in [3.05, 3.63) is 35.7 Å². The first-order chi connectivity index (χ1) is 12.9. The van der Waals surface area contributed by atoms with Gasteiger partial charge in [0.2, 0.25) is 5.91 Å². The minimum atomic E-state index is -2.91. The van der Waals surface area contributed by atoms with Crippen LogP contribution in [0, 0.1) is 17.2 Å². The van der Waals surface area contributed by atoms with Crippen LogP contribution < -0.4 is 5.32 Å². The minimum absolute atomic E-state index is 0.0791. The van der Waals surface area contributed by atoms with Crippen LogP contribution in [0.2, 0.25) is 0 Å². The molecule has 2 aromatic rings. The molecule has 0 bridgehead atoms. The number of nitriles is 1. The molecule has 1 aliphatic rings. The topological polar surface area (TPSA) is 118 Å². The molecule has 0 saturated carbocycles. The summed E-state index contributed by atoms with van der Waals surface area (Å²) in [7, 11) is -1.09. The van der Waals surface area contributed by atoms with Crippen LogP contribution in [0.25, 0.3) is 0 Å². The lowest BCUT2D eigenvalue weighted by molar-refractivity contribution is -0.113. The Kier molecular flexibility index (Phi) is 5.82. The molecule has 1 saturated heterocycles. The van der Waals surface area contributed by atoms with E-state index in [1.54, 1.807) is 24.3 Å². The Morgan fingerprint density at radius 2 is 2.11 bits per heavy atom. The molecule has 27 heavy (non-hydrogen) atoms. The summed E-state index contributed by atoms with van der Waals surface area (Å²) < 4.78 is 25.0. The number of thioether (sulfide) groups is 1. The fourth-order valence-corrected chi connectivity index (χ4v) is 5.49. The van der Waals surface area contributed by atoms with Gasteiger partial charge in [0.1, 0.15) is 5.82 Å². The third-order valence-corrected chi connectivity index (χ3v) is 7.21. The average Bonchev–Trinajstić information content (AvgIpc) is 3.16. The molecule has 0 spiro atoms. The van der Waals surface area contributed by atoms with Crippen molar-refractivity contribution in [3.63, 3.8) is 0 Å². The first kappa shape index (κ1) is 19.4. The number of hydrogen-bond acceptors (Lipinski definition) is 7. The van der Waals surface area contributed by atoms with Crippen LogP contribution in [0.5, 0.6) is 0 Å². The molecule has 1 amide bonds. The average molecular weight is 406 g/mol. The highest BCUT2D eigenvalue weighted by Gasteiger charge is 2.29. The summed E-state index contributed by atoms with van der Waals surface area (Å²) in [5.41, 5.74) is 1.16. The Morgan fingerprint density at radius 1 is 1.37 bits per heavy atom. The molecule has 3 rings (SSSR count). The molecule has 1 aromatic carbocycles. The quantitative estimate of drug-likeness (QED) is 0.722. The zero-order valence-corrected chi connectivity index (χ0v) is 16.4. The second kappa shape index (κ2) is 8.10. The van der Waals surface area contributed by atoms with Gasteiger partial charge in [0, 0.05) is 19.2 Å². The molecule has 0 aliphatic carbocycles. The number of benzene rings is 1. The second-order valence-electron chi connectivity index (χ2n) is 6.46. The molecule has 142 valence electrons. The van der Waals surface area contributed by atoms with E-state index in [-0.39, 0.29) is 29.1 Å². The highest BCUT2D eigenvalue weighted by molar-refractivity contribution is 7.99. The summed E-state index contributed by atoms with van der Waals surface area (Å²) in [5, 5.41) is 20.4. The Bertz CT molecular complexity index is 977. The van der Waals surface area contributed by atoms with Gasteiger partial charge in [-0.25, -0.2) is 8.42 Å². The normalized spacial score (nSPS) is 18.1. The Labute approximate surface area is 161 Å². The molecular weight excluding hydrogens is 386 g/mol. The fraction of sp³-hybridized carbons (Fsp3) is 0.412. The van der Waals surface area contributed by atoms with E-state index < -0.39 is 9.84 Å². The van der Waals surface area contributed by atoms with Gasteiger partial charge in [0.05, 0.1) is 28.9 Å². The zero-order valence-electron chi connectivity index (χ0n) is 14.8. The van der Waals surface area contributed by atoms with Gasteiger partial charge in [-0.1, -0.05) is 11.8 Å². The number of hydrogen-bond donors (Lipinski definition) is 1. The van der Waals surface area contributed by atoms with E-state index in [1.165, 1.54) is 11.8 Å². The first-order valence-corrected chi connectivity index (χ1v) is 11.2. The van der Waals surface area contributed by atoms with Crippen molar-refractivity contribution in [1.29, 1.82) is 5.26 Å². The van der Waals surface area contributed by atoms with Crippen LogP contribution in [0.4, 0.5) is 5.69 Å². The summed E-state index contributed by atoms with van der Waals surface area (Å²) in [5.74, 6) is 1.24. The Balaban J connectivity index is 1.53. The van der Waals surface area contributed by atoms with Crippen molar-refractivity contribution in [2.45, 2.75) is 18.0 Å². The summed E-state index contributed by atoms with van der Waals surface area (Å²) in [6.45, 7) is 0. The van der Waals surface area contributed by atoms with E-state index in [2.05, 4.69) is 15.5 Å². The van der Waals surface area contributed by atoms with Crippen molar-refractivity contribution in [3.8, 4) is 6.07 Å². The van der Waals surface area contributed by atoms with Crippen LogP contribution in [0.1, 0.15) is 17.8 Å². The molecular formula is C17H19N5O3S2. The Hall–Kier alpha value is -2.38. The van der Waals surface area contributed by atoms with Crippen LogP contribution in [-0.2, 0) is 28.1 Å². The first-order valence-electron chi connectivity index (χ1n) is 8.38. The van der Waals surface area contributed by atoms with E-state index in [4.69, 9.17) is 5.26 Å². The number of nitrogens with one attached hydrogen (secondary N) is 1. The molecule has 0 unspecified atom stereocenters. The number of anilines is 1. The summed E-state index contributed by atoms with van der Waals surface area (Å²) in [4.78, 5) is 12.1. The monoisotopic (exact) mass is 405 g/mol. The fourth-order valence-electron chi connectivity index (χ4n) is 2.89. The lowest BCUT2D eigenvalue weighted by Gasteiger charge is -2.08. The van der Waals surface area contributed by atoms with Crippen molar-refractivity contribution in [1.82, 2.24) is 14.8 Å². The van der Waals surface area contributed by atoms with E-state index >= 15 is 0 Å². The van der Waals surface area contributed by atoms with Gasteiger partial charge in [-0.3, -0.25) is 4.79 Å². The standard InChI is InChI=1S/C17H19N5O3S2/c1-22-15(8-13-6-7-27(24,25)11-13)20-21-17(22)26-10-16(23)19-14-4-2-12(9-18)3-5-14/h2-5,13H,6-8,10-11H2,1H3,(H,19,23)/t13-/m0/s1. The van der Waals surface area contributed by atoms with E-state index in [0.717, 1.165) is 5.82 Å². The smallest absolute Gasteiger partial charge is 0.234 e. The zero-order chi connectivity index (χ0) is 19.4. The predicted molar refractivity (Wildman–Crippen MR) is 102 cm³/mol. The lowest BCUT2D eigenvalue weighted by atomic mass is 10.1. The highest BCUT2D eigenvalue weighted by atomic mass is 32.2. The largest absolute Gasteiger partial charge is 0.325 e. The van der Waals surface area contributed by atoms with E-state index in [9.17, 15) is 13.2 Å². The number of sulfone groups is 1. The summed E-state index contributed by atoms with van der Waals surface area (Å²) in [6.07, 6.45) is 1.23. The molecule has 1 aromatic heterocycles. The third-order valence-electron chi connectivity index (χ3n) is 4.35. The van der Waals surface area contributed by atoms with E-state index in [1.807, 2.05) is 17.7 Å². The van der Waals surface area contributed by atoms with Gasteiger partial charge in [-0.2, -0.15) is 5.26 Å². The van der Waals surface area contributed by atoms with Crippen molar-refractivity contribution in [2.24, 2.45) is 13.0 Å². The molecule has 2 heterocycles. The van der Waals surface area contributed by atoms with Gasteiger partial charge in [0.25, 0.3) is 0 Å². The number of carbonyl (C=O) groups excluding carboxylic acids is 1. The van der Waals surface area contributed by atoms with Crippen molar-refractivity contribution < 1.29 is 13.2 Å². The number of aromatic nitrogens is 3. The molecule has 8 nitrogen and oxygen atoms in total. The molecule has 1 fully saturated rings. The lowest BCUT2D eigenvalue weighted by Crippen LogP contribution is -2.14. The molecule has 1 N–H and O–H groups in total. The highest BCUT2D eigenvalue weighted by Crippen LogP contribution is 2.23. The predicted octanol–water partition coefficient (Wildman–Crippen LogP) is 1.39. The van der Waals surface area contributed by atoms with Gasteiger partial charge in [0.15, 0.2) is 15.0 Å². The van der Waals surface area contributed by atoms with Crippen LogP contribution in [0.15, 0.2) is 29.4 Å². The van der Waals surface area contributed by atoms with Crippen LogP contribution in [0.3, 0.4) is 0 Å². The van der Waals surface area contributed by atoms with Gasteiger partial charge >= 0.3 is 0 Å². The molecule has 10 heteroatoms. The number of nitrogens with zero attached hydrogens (tertiary/aromatic N) is 4. The third kappa shape index (κ3) is 5.08. The number of rotatable bonds is 6. The summed E-state index contributed by atoms with van der Waals surface area (Å²) >= 11 is 1.27. The SMILES string of the molecule is Cn1c(C[C@@H]2CCS(=O)(=O)C2)nnc1SCC(=O)Nc1ccc(C#N)cc1. The maximum absolute atomic E-state index is 12.1. The maximum Gasteiger partial charge on any atom is 0.234 e. The van der Waals surface area contributed by atoms with Crippen molar-refractivity contribution >= 4 is 33.2 Å². The molecule has 1 aliphatic heterocycles. The second-order valence-corrected chi connectivity index (χ2v) is 9.63. The van der Waals surface area contributed by atoms with Crippen molar-refractivity contribution in [2.75, 3.05) is 22.6 Å². The van der Waals surface area contributed by atoms with Gasteiger partial charge in [-0.15, -0.1) is 10.2 Å². The van der Waals surface area contributed by atoms with E-state index in [0.29, 0.717) is 29.2 Å². The van der Waals surface area contributed by atoms with Crippen LogP contribution in [-0.4, -0.2) is 46.3 Å². The number of carbonyl (C=O) groups is 1. The molecule has 1 atom stereocenters. The van der Waals surface area contributed by atoms with Gasteiger partial charge in [-0.05, 0) is 36.6 Å². The van der Waals surface area contributed by atoms with Crippen LogP contribution >= 0.6 is 11.8 Å².